The Hall–Kier alpha value is -0.260. The van der Waals surface area contributed by atoms with Gasteiger partial charge in [0.25, 0.3) is 0 Å². The largest absolute Gasteiger partial charge is 0.0710 e. The summed E-state index contributed by atoms with van der Waals surface area (Å²) in [4.78, 5) is 0. The second kappa shape index (κ2) is 2.87. The summed E-state index contributed by atoms with van der Waals surface area (Å²) in [5.74, 6) is 0. The minimum absolute atomic E-state index is 0.850. The molecule has 0 aromatic heterocycles. The van der Waals surface area contributed by atoms with Gasteiger partial charge in [0.05, 0.1) is 0 Å². The normalized spacial score (nSPS) is 31.4. The fourth-order valence-electron chi connectivity index (χ4n) is 3.37. The Morgan fingerprint density at radius 3 is 2.08 bits per heavy atom. The van der Waals surface area contributed by atoms with Gasteiger partial charge in [-0.15, -0.1) is 0 Å². The minimum Gasteiger partial charge on any atom is -0.0710 e. The van der Waals surface area contributed by atoms with Crippen LogP contribution in [0.1, 0.15) is 64.2 Å². The summed E-state index contributed by atoms with van der Waals surface area (Å²) in [6, 6.07) is 0. The van der Waals surface area contributed by atoms with Gasteiger partial charge in [0.2, 0.25) is 0 Å². The summed E-state index contributed by atoms with van der Waals surface area (Å²) >= 11 is 0. The number of rotatable bonds is 0. The van der Waals surface area contributed by atoms with Crippen LogP contribution in [0.4, 0.5) is 0 Å². The molecule has 3 saturated carbocycles. The van der Waals surface area contributed by atoms with Crippen molar-refractivity contribution in [3.05, 3.63) is 11.1 Å². The zero-order valence-corrected chi connectivity index (χ0v) is 8.57. The molecule has 0 saturated heterocycles. The van der Waals surface area contributed by atoms with Crippen molar-refractivity contribution in [2.45, 2.75) is 64.2 Å². The first-order valence-corrected chi connectivity index (χ1v) is 6.08. The second-order valence-electron chi connectivity index (χ2n) is 5.44. The van der Waals surface area contributed by atoms with Crippen LogP contribution in [0.3, 0.4) is 0 Å². The van der Waals surface area contributed by atoms with Crippen molar-refractivity contribution in [1.82, 2.24) is 0 Å². The molecule has 0 unspecified atom stereocenters. The monoisotopic (exact) mass is 176 g/mol. The van der Waals surface area contributed by atoms with Gasteiger partial charge in [-0.1, -0.05) is 11.1 Å². The van der Waals surface area contributed by atoms with E-state index in [9.17, 15) is 0 Å². The van der Waals surface area contributed by atoms with Crippen molar-refractivity contribution in [3.8, 4) is 0 Å². The third kappa shape index (κ3) is 1.45. The summed E-state index contributed by atoms with van der Waals surface area (Å²) in [6.07, 6.45) is 14.9. The Kier molecular flexibility index (Phi) is 1.78. The summed E-state index contributed by atoms with van der Waals surface area (Å²) in [5, 5.41) is 0. The van der Waals surface area contributed by atoms with Crippen LogP contribution in [0.2, 0.25) is 0 Å². The standard InChI is InChI=1S/C13H20/c1-2-5-11(4-1)12-6-3-7-13(10-12)8-9-13/h1-10H2. The summed E-state index contributed by atoms with van der Waals surface area (Å²) in [5.41, 5.74) is 4.63. The first kappa shape index (κ1) is 8.08. The number of hydrogen-bond acceptors (Lipinski definition) is 0. The average molecular weight is 176 g/mol. The lowest BCUT2D eigenvalue weighted by molar-refractivity contribution is 0.394. The van der Waals surface area contributed by atoms with Gasteiger partial charge < -0.3 is 0 Å². The maximum Gasteiger partial charge on any atom is -0.0260 e. The highest BCUT2D eigenvalue weighted by Crippen LogP contribution is 2.58. The van der Waals surface area contributed by atoms with Crippen LogP contribution >= 0.6 is 0 Å². The topological polar surface area (TPSA) is 0 Å². The van der Waals surface area contributed by atoms with Gasteiger partial charge in [0.1, 0.15) is 0 Å². The number of allylic oxidation sites excluding steroid dienone is 2. The predicted molar refractivity (Wildman–Crippen MR) is 55.6 cm³/mol. The molecule has 0 N–H and O–H groups in total. The van der Waals surface area contributed by atoms with E-state index in [2.05, 4.69) is 0 Å². The molecular formula is C13H20. The zero-order valence-electron chi connectivity index (χ0n) is 8.57. The quantitative estimate of drug-likeness (QED) is 0.485. The molecule has 0 bridgehead atoms. The van der Waals surface area contributed by atoms with Crippen molar-refractivity contribution in [2.24, 2.45) is 5.41 Å². The molecule has 3 aliphatic carbocycles. The Labute approximate surface area is 81.4 Å². The van der Waals surface area contributed by atoms with E-state index in [1.165, 1.54) is 44.9 Å². The summed E-state index contributed by atoms with van der Waals surface area (Å²) in [7, 11) is 0. The molecule has 0 aromatic carbocycles. The number of hydrogen-bond donors (Lipinski definition) is 0. The van der Waals surface area contributed by atoms with Gasteiger partial charge in [0, 0.05) is 0 Å². The molecule has 0 amide bonds. The highest BCUT2D eigenvalue weighted by Gasteiger charge is 2.44. The lowest BCUT2D eigenvalue weighted by Gasteiger charge is -2.25. The maximum absolute atomic E-state index is 1.90. The highest BCUT2D eigenvalue weighted by molar-refractivity contribution is 5.22. The first-order chi connectivity index (χ1) is 6.38. The highest BCUT2D eigenvalue weighted by atomic mass is 14.5. The van der Waals surface area contributed by atoms with Crippen LogP contribution in [0.25, 0.3) is 0 Å². The first-order valence-electron chi connectivity index (χ1n) is 6.08. The molecule has 0 atom stereocenters. The summed E-state index contributed by atoms with van der Waals surface area (Å²) in [6.45, 7) is 0. The lowest BCUT2D eigenvalue weighted by Crippen LogP contribution is -2.10. The van der Waals surface area contributed by atoms with Crippen molar-refractivity contribution < 1.29 is 0 Å². The van der Waals surface area contributed by atoms with Crippen LogP contribution in [0.15, 0.2) is 11.1 Å². The van der Waals surface area contributed by atoms with Gasteiger partial charge >= 0.3 is 0 Å². The Bertz CT molecular complexity index is 235. The molecule has 0 heteroatoms. The third-order valence-corrected chi connectivity index (χ3v) is 4.44. The predicted octanol–water partition coefficient (Wildman–Crippen LogP) is 4.21. The van der Waals surface area contributed by atoms with Crippen LogP contribution in [-0.2, 0) is 0 Å². The van der Waals surface area contributed by atoms with E-state index >= 15 is 0 Å². The lowest BCUT2D eigenvalue weighted by atomic mass is 9.80. The Morgan fingerprint density at radius 2 is 1.38 bits per heavy atom. The molecule has 3 fully saturated rings. The van der Waals surface area contributed by atoms with Gasteiger partial charge in [-0.2, -0.15) is 0 Å². The van der Waals surface area contributed by atoms with Crippen LogP contribution in [-0.4, -0.2) is 0 Å². The smallest absolute Gasteiger partial charge is 0.0260 e. The van der Waals surface area contributed by atoms with Crippen molar-refractivity contribution >= 4 is 0 Å². The second-order valence-corrected chi connectivity index (χ2v) is 5.44. The maximum atomic E-state index is 1.90. The Balaban J connectivity index is 1.79. The molecule has 0 radical (unpaired) electrons. The molecule has 3 rings (SSSR count). The van der Waals surface area contributed by atoms with Crippen molar-refractivity contribution in [1.29, 1.82) is 0 Å². The van der Waals surface area contributed by atoms with E-state index in [-0.39, 0.29) is 0 Å². The van der Waals surface area contributed by atoms with E-state index in [1.54, 1.807) is 19.3 Å². The van der Waals surface area contributed by atoms with E-state index in [1.807, 2.05) is 11.1 Å². The molecule has 0 aromatic rings. The molecule has 0 aliphatic heterocycles. The fourth-order valence-corrected chi connectivity index (χ4v) is 3.37. The molecule has 3 aliphatic rings. The van der Waals surface area contributed by atoms with Crippen molar-refractivity contribution in [2.75, 3.05) is 0 Å². The van der Waals surface area contributed by atoms with Crippen LogP contribution in [0.5, 0.6) is 0 Å². The van der Waals surface area contributed by atoms with Crippen LogP contribution in [0, 0.1) is 5.41 Å². The van der Waals surface area contributed by atoms with E-state index in [0.717, 1.165) is 5.41 Å². The minimum atomic E-state index is 0.850. The van der Waals surface area contributed by atoms with E-state index < -0.39 is 0 Å². The molecule has 0 nitrogen and oxygen atoms in total. The molecule has 13 heavy (non-hydrogen) atoms. The fraction of sp³-hybridized carbons (Fsp3) is 0.846. The molecule has 1 spiro atoms. The molecular weight excluding hydrogens is 156 g/mol. The van der Waals surface area contributed by atoms with Crippen molar-refractivity contribution in [3.63, 3.8) is 0 Å². The Morgan fingerprint density at radius 1 is 0.692 bits per heavy atom. The van der Waals surface area contributed by atoms with Gasteiger partial charge in [-0.3, -0.25) is 0 Å². The molecule has 72 valence electrons. The third-order valence-electron chi connectivity index (χ3n) is 4.44. The SMILES string of the molecule is C1CCC(=C2CCCC3(CC3)C2)C1. The zero-order chi connectivity index (χ0) is 8.73. The van der Waals surface area contributed by atoms with Gasteiger partial charge in [-0.05, 0) is 69.6 Å². The summed E-state index contributed by atoms with van der Waals surface area (Å²) < 4.78 is 0. The van der Waals surface area contributed by atoms with E-state index in [4.69, 9.17) is 0 Å². The van der Waals surface area contributed by atoms with Crippen LogP contribution < -0.4 is 0 Å². The van der Waals surface area contributed by atoms with Gasteiger partial charge in [0.15, 0.2) is 0 Å². The van der Waals surface area contributed by atoms with E-state index in [0.29, 0.717) is 0 Å². The average Bonchev–Trinajstić information content (AvgIpc) is 2.73. The molecule has 0 heterocycles. The van der Waals surface area contributed by atoms with Gasteiger partial charge in [-0.25, -0.2) is 0 Å².